The van der Waals surface area contributed by atoms with Gasteiger partial charge in [0.25, 0.3) is 0 Å². The van der Waals surface area contributed by atoms with Crippen molar-refractivity contribution >= 4 is 5.78 Å². The summed E-state index contributed by atoms with van der Waals surface area (Å²) in [6.45, 7) is 4.22. The fourth-order valence-electron chi connectivity index (χ4n) is 0.955. The summed E-state index contributed by atoms with van der Waals surface area (Å²) in [7, 11) is 0. The smallest absolute Gasteiger partial charge is 0.185 e. The summed E-state index contributed by atoms with van der Waals surface area (Å²) < 4.78 is 0. The Kier molecular flexibility index (Phi) is 2.39. The molecule has 58 valence electrons. The van der Waals surface area contributed by atoms with Crippen LogP contribution in [-0.2, 0) is 4.79 Å². The monoisotopic (exact) mass is 149 g/mol. The first kappa shape index (κ1) is 7.95. The summed E-state index contributed by atoms with van der Waals surface area (Å²) in [4.78, 5) is 10.9. The number of hydrogen-bond donors (Lipinski definition) is 1. The molecule has 1 rings (SSSR count). The maximum absolute atomic E-state index is 10.9. The van der Waals surface area contributed by atoms with Crippen LogP contribution in [-0.4, -0.2) is 12.3 Å². The van der Waals surface area contributed by atoms with E-state index in [4.69, 9.17) is 5.73 Å². The molecule has 1 aliphatic rings. The lowest BCUT2D eigenvalue weighted by molar-refractivity contribution is -0.111. The molecular weight excluding hydrogens is 138 g/mol. The lowest BCUT2D eigenvalue weighted by Crippen LogP contribution is -2.04. The van der Waals surface area contributed by atoms with E-state index in [0.717, 1.165) is 12.0 Å². The molecule has 0 radical (unpaired) electrons. The van der Waals surface area contributed by atoms with Crippen molar-refractivity contribution in [2.45, 2.75) is 6.42 Å². The molecule has 0 saturated carbocycles. The van der Waals surface area contributed by atoms with Gasteiger partial charge in [0.05, 0.1) is 0 Å². The van der Waals surface area contributed by atoms with Crippen LogP contribution in [0.1, 0.15) is 6.42 Å². The number of allylic oxidation sites excluding steroid dienone is 4. The summed E-state index contributed by atoms with van der Waals surface area (Å²) in [6, 6.07) is 0. The lowest BCUT2D eigenvalue weighted by atomic mass is 10.0. The van der Waals surface area contributed by atoms with Gasteiger partial charge in [0, 0.05) is 5.57 Å². The van der Waals surface area contributed by atoms with Gasteiger partial charge in [-0.05, 0) is 30.7 Å². The van der Waals surface area contributed by atoms with E-state index >= 15 is 0 Å². The number of nitrogens with two attached hydrogens (primary N) is 1. The zero-order valence-corrected chi connectivity index (χ0v) is 6.34. The first-order valence-electron chi connectivity index (χ1n) is 3.56. The summed E-state index contributed by atoms with van der Waals surface area (Å²) in [5.41, 5.74) is 6.98. The second-order valence-electron chi connectivity index (χ2n) is 2.48. The van der Waals surface area contributed by atoms with Crippen LogP contribution in [0.3, 0.4) is 0 Å². The minimum atomic E-state index is -0.00854. The van der Waals surface area contributed by atoms with Crippen molar-refractivity contribution in [1.82, 2.24) is 0 Å². The van der Waals surface area contributed by atoms with Gasteiger partial charge in [-0.3, -0.25) is 4.79 Å². The predicted molar refractivity (Wildman–Crippen MR) is 45.0 cm³/mol. The fourth-order valence-corrected chi connectivity index (χ4v) is 0.955. The van der Waals surface area contributed by atoms with E-state index in [-0.39, 0.29) is 5.78 Å². The molecule has 0 aromatic rings. The van der Waals surface area contributed by atoms with Crippen LogP contribution in [0.2, 0.25) is 0 Å². The highest BCUT2D eigenvalue weighted by Gasteiger charge is 2.06. The van der Waals surface area contributed by atoms with E-state index in [0.29, 0.717) is 12.1 Å². The van der Waals surface area contributed by atoms with E-state index in [2.05, 4.69) is 6.58 Å². The van der Waals surface area contributed by atoms with Gasteiger partial charge in [-0.1, -0.05) is 12.7 Å². The molecular formula is C9H11NO. The van der Waals surface area contributed by atoms with Crippen molar-refractivity contribution in [3.63, 3.8) is 0 Å². The molecule has 0 spiro atoms. The first-order valence-corrected chi connectivity index (χ1v) is 3.56. The van der Waals surface area contributed by atoms with Gasteiger partial charge in [-0.2, -0.15) is 0 Å². The van der Waals surface area contributed by atoms with Crippen LogP contribution in [0.25, 0.3) is 0 Å². The van der Waals surface area contributed by atoms with E-state index < -0.39 is 0 Å². The number of carbonyl (C=O) groups is 1. The molecule has 0 aliphatic heterocycles. The van der Waals surface area contributed by atoms with Crippen LogP contribution in [0, 0.1) is 0 Å². The highest BCUT2D eigenvalue weighted by atomic mass is 16.1. The fraction of sp³-hybridized carbons (Fsp3) is 0.222. The zero-order valence-electron chi connectivity index (χ0n) is 6.34. The van der Waals surface area contributed by atoms with Gasteiger partial charge in [-0.15, -0.1) is 0 Å². The highest BCUT2D eigenvalue weighted by Crippen LogP contribution is 2.13. The van der Waals surface area contributed by atoms with Crippen molar-refractivity contribution in [2.24, 2.45) is 5.73 Å². The molecule has 0 aromatic carbocycles. The Morgan fingerprint density at radius 1 is 1.45 bits per heavy atom. The van der Waals surface area contributed by atoms with Gasteiger partial charge in [0.1, 0.15) is 0 Å². The van der Waals surface area contributed by atoms with E-state index in [1.165, 1.54) is 6.08 Å². The molecule has 0 heterocycles. The number of ketones is 1. The molecule has 1 aliphatic carbocycles. The Bertz CT molecular complexity index is 248. The predicted octanol–water partition coefficient (Wildman–Crippen LogP) is 0.957. The number of rotatable bonds is 2. The topological polar surface area (TPSA) is 43.1 Å². The molecule has 0 fully saturated rings. The maximum atomic E-state index is 10.9. The standard InChI is InChI=1S/C9H11NO/c1-7-6-8(4-5-10)2-3-9(7)11/h2-3,6H,1,4-5,10H2. The second-order valence-corrected chi connectivity index (χ2v) is 2.48. The summed E-state index contributed by atoms with van der Waals surface area (Å²) in [5.74, 6) is -0.00854. The van der Waals surface area contributed by atoms with Gasteiger partial charge < -0.3 is 5.73 Å². The average Bonchev–Trinajstić information content (AvgIpc) is 1.98. The highest BCUT2D eigenvalue weighted by molar-refractivity contribution is 6.07. The molecule has 0 unspecified atom stereocenters. The van der Waals surface area contributed by atoms with Crippen LogP contribution >= 0.6 is 0 Å². The minimum Gasteiger partial charge on any atom is -0.330 e. The Balaban J connectivity index is 2.72. The van der Waals surface area contributed by atoms with Gasteiger partial charge >= 0.3 is 0 Å². The number of hydrogen-bond acceptors (Lipinski definition) is 2. The summed E-state index contributed by atoms with van der Waals surface area (Å²) in [6.07, 6.45) is 5.93. The molecule has 0 bridgehead atoms. The quantitative estimate of drug-likeness (QED) is 0.594. The molecule has 0 saturated heterocycles. The van der Waals surface area contributed by atoms with Crippen LogP contribution in [0.4, 0.5) is 0 Å². The minimum absolute atomic E-state index is 0.00854. The summed E-state index contributed by atoms with van der Waals surface area (Å²) in [5, 5.41) is 0. The summed E-state index contributed by atoms with van der Waals surface area (Å²) >= 11 is 0. The van der Waals surface area contributed by atoms with Crippen molar-refractivity contribution in [3.05, 3.63) is 36.0 Å². The van der Waals surface area contributed by atoms with Gasteiger partial charge in [-0.25, -0.2) is 0 Å². The Morgan fingerprint density at radius 3 is 2.73 bits per heavy atom. The Morgan fingerprint density at radius 2 is 2.18 bits per heavy atom. The van der Waals surface area contributed by atoms with Crippen LogP contribution in [0.15, 0.2) is 36.0 Å². The molecule has 11 heavy (non-hydrogen) atoms. The third kappa shape index (κ3) is 1.88. The largest absolute Gasteiger partial charge is 0.330 e. The SMILES string of the molecule is C=C1C=C(CCN)C=CC1=O. The second kappa shape index (κ2) is 3.30. The molecule has 2 heteroatoms. The van der Waals surface area contributed by atoms with Crippen LogP contribution < -0.4 is 5.73 Å². The van der Waals surface area contributed by atoms with Crippen molar-refractivity contribution in [1.29, 1.82) is 0 Å². The third-order valence-electron chi connectivity index (χ3n) is 1.56. The maximum Gasteiger partial charge on any atom is 0.185 e. The first-order chi connectivity index (χ1) is 5.24. The molecule has 0 atom stereocenters. The third-order valence-corrected chi connectivity index (χ3v) is 1.56. The van der Waals surface area contributed by atoms with Crippen LogP contribution in [0.5, 0.6) is 0 Å². The van der Waals surface area contributed by atoms with Crippen molar-refractivity contribution in [2.75, 3.05) is 6.54 Å². The molecule has 2 N–H and O–H groups in total. The Labute approximate surface area is 66.1 Å². The molecule has 0 aromatic heterocycles. The average molecular weight is 149 g/mol. The Hall–Kier alpha value is -1.15. The normalized spacial score (nSPS) is 17.0. The molecule has 2 nitrogen and oxygen atoms in total. The van der Waals surface area contributed by atoms with Crippen molar-refractivity contribution in [3.8, 4) is 0 Å². The van der Waals surface area contributed by atoms with Gasteiger partial charge in [0.15, 0.2) is 5.78 Å². The lowest BCUT2D eigenvalue weighted by Gasteiger charge is -2.05. The van der Waals surface area contributed by atoms with E-state index in [9.17, 15) is 4.79 Å². The number of carbonyl (C=O) groups excluding carboxylic acids is 1. The van der Waals surface area contributed by atoms with Gasteiger partial charge in [0.2, 0.25) is 0 Å². The van der Waals surface area contributed by atoms with Crippen molar-refractivity contribution < 1.29 is 4.79 Å². The zero-order chi connectivity index (χ0) is 8.27. The van der Waals surface area contributed by atoms with E-state index in [1.807, 2.05) is 0 Å². The molecule has 0 amide bonds. The van der Waals surface area contributed by atoms with E-state index in [1.54, 1.807) is 12.2 Å².